The Kier molecular flexibility index (Phi) is 5.61. The van der Waals surface area contributed by atoms with E-state index in [0.717, 1.165) is 11.3 Å². The van der Waals surface area contributed by atoms with Crippen molar-refractivity contribution in [3.63, 3.8) is 0 Å². The molecule has 0 saturated carbocycles. The highest BCUT2D eigenvalue weighted by molar-refractivity contribution is 7.08. The summed E-state index contributed by atoms with van der Waals surface area (Å²) < 4.78 is 6.21. The van der Waals surface area contributed by atoms with Crippen LogP contribution in [0, 0.1) is 10.1 Å². The van der Waals surface area contributed by atoms with Gasteiger partial charge in [0.1, 0.15) is 11.5 Å². The summed E-state index contributed by atoms with van der Waals surface area (Å²) in [5.41, 5.74) is 3.84. The number of nitro benzene ring substituents is 1. The smallest absolute Gasteiger partial charge is 0.277 e. The van der Waals surface area contributed by atoms with Crippen LogP contribution in [0.25, 0.3) is 11.1 Å². The van der Waals surface area contributed by atoms with Crippen molar-refractivity contribution in [2.45, 2.75) is 39.5 Å². The lowest BCUT2D eigenvalue weighted by Gasteiger charge is -2.15. The molecule has 1 heterocycles. The molecule has 1 aromatic heterocycles. The molecule has 3 rings (SSSR count). The first-order chi connectivity index (χ1) is 12.9. The minimum absolute atomic E-state index is 0.0829. The van der Waals surface area contributed by atoms with E-state index in [1.54, 1.807) is 18.2 Å². The Bertz CT molecular complexity index is 933. The fraction of sp³-hybridized carbons (Fsp3) is 0.273. The van der Waals surface area contributed by atoms with Crippen LogP contribution in [-0.2, 0) is 0 Å². The lowest BCUT2D eigenvalue weighted by Crippen LogP contribution is -1.96. The number of thiophene rings is 1. The maximum Gasteiger partial charge on any atom is 0.277 e. The van der Waals surface area contributed by atoms with Crippen LogP contribution < -0.4 is 4.74 Å². The first kappa shape index (κ1) is 19.1. The number of nitrogens with zero attached hydrogens (tertiary/aromatic N) is 1. The number of hydrogen-bond acceptors (Lipinski definition) is 4. The summed E-state index contributed by atoms with van der Waals surface area (Å²) in [7, 11) is 0. The van der Waals surface area contributed by atoms with E-state index in [1.165, 1.54) is 28.5 Å². The standard InChI is InChI=1S/C22H23NO3S/c1-14(2)16-9-17(15(3)4)11-18(10-16)26-22-13-27-12-20(22)19-7-5-6-8-21(19)23(24)25/h5-15H,1-4H3. The summed E-state index contributed by atoms with van der Waals surface area (Å²) in [6.07, 6.45) is 0. The van der Waals surface area contributed by atoms with Crippen LogP contribution in [0.3, 0.4) is 0 Å². The number of benzene rings is 2. The Balaban J connectivity index is 2.02. The highest BCUT2D eigenvalue weighted by Gasteiger charge is 2.19. The van der Waals surface area contributed by atoms with E-state index < -0.39 is 0 Å². The highest BCUT2D eigenvalue weighted by atomic mass is 32.1. The second-order valence-corrected chi connectivity index (χ2v) is 7.91. The number of para-hydroxylation sites is 1. The zero-order chi connectivity index (χ0) is 19.6. The van der Waals surface area contributed by atoms with Crippen LogP contribution in [0.2, 0.25) is 0 Å². The summed E-state index contributed by atoms with van der Waals surface area (Å²) in [4.78, 5) is 11.0. The topological polar surface area (TPSA) is 52.4 Å². The van der Waals surface area contributed by atoms with Gasteiger partial charge in [-0.15, -0.1) is 11.3 Å². The van der Waals surface area contributed by atoms with Gasteiger partial charge in [0.05, 0.1) is 10.5 Å². The number of ether oxygens (including phenoxy) is 1. The number of nitro groups is 1. The monoisotopic (exact) mass is 381 g/mol. The number of rotatable bonds is 6. The predicted octanol–water partition coefficient (Wildman–Crippen LogP) is 7.36. The van der Waals surface area contributed by atoms with Crippen molar-refractivity contribution < 1.29 is 9.66 Å². The zero-order valence-electron chi connectivity index (χ0n) is 15.9. The van der Waals surface area contributed by atoms with Gasteiger partial charge in [0.15, 0.2) is 0 Å². The number of hydrogen-bond donors (Lipinski definition) is 0. The molecule has 0 radical (unpaired) electrons. The average molecular weight is 381 g/mol. The summed E-state index contributed by atoms with van der Waals surface area (Å²) in [5, 5.41) is 15.2. The minimum Gasteiger partial charge on any atom is -0.456 e. The lowest BCUT2D eigenvalue weighted by molar-refractivity contribution is -0.384. The van der Waals surface area contributed by atoms with E-state index in [9.17, 15) is 10.1 Å². The van der Waals surface area contributed by atoms with Gasteiger partial charge < -0.3 is 4.74 Å². The average Bonchev–Trinajstić information content (AvgIpc) is 3.09. The van der Waals surface area contributed by atoms with Crippen LogP contribution >= 0.6 is 11.3 Å². The van der Waals surface area contributed by atoms with Gasteiger partial charge in [0.2, 0.25) is 0 Å². The molecule has 3 aromatic rings. The molecule has 0 bridgehead atoms. The SMILES string of the molecule is CC(C)c1cc(Oc2cscc2-c2ccccc2[N+](=O)[O-])cc(C(C)C)c1. The lowest BCUT2D eigenvalue weighted by atomic mass is 9.95. The van der Waals surface area contributed by atoms with Crippen molar-refractivity contribution in [3.8, 4) is 22.6 Å². The van der Waals surface area contributed by atoms with Crippen molar-refractivity contribution >= 4 is 17.0 Å². The molecule has 0 atom stereocenters. The normalized spacial score (nSPS) is 11.2. The molecule has 0 N–H and O–H groups in total. The molecule has 0 saturated heterocycles. The molecule has 0 unspecified atom stereocenters. The second kappa shape index (κ2) is 7.92. The van der Waals surface area contributed by atoms with Gasteiger partial charge in [-0.2, -0.15) is 0 Å². The first-order valence-corrected chi connectivity index (χ1v) is 9.93. The van der Waals surface area contributed by atoms with Gasteiger partial charge in [-0.1, -0.05) is 45.9 Å². The molecule has 27 heavy (non-hydrogen) atoms. The van der Waals surface area contributed by atoms with E-state index in [2.05, 4.69) is 45.9 Å². The molecular weight excluding hydrogens is 358 g/mol. The van der Waals surface area contributed by atoms with Crippen LogP contribution in [0.4, 0.5) is 5.69 Å². The van der Waals surface area contributed by atoms with E-state index in [4.69, 9.17) is 4.74 Å². The van der Waals surface area contributed by atoms with Gasteiger partial charge >= 0.3 is 0 Å². The Morgan fingerprint density at radius 1 is 0.926 bits per heavy atom. The van der Waals surface area contributed by atoms with E-state index in [0.29, 0.717) is 23.1 Å². The summed E-state index contributed by atoms with van der Waals surface area (Å²) in [5.74, 6) is 2.19. The van der Waals surface area contributed by atoms with Crippen LogP contribution in [0.5, 0.6) is 11.5 Å². The van der Waals surface area contributed by atoms with Gasteiger partial charge in [-0.05, 0) is 41.2 Å². The van der Waals surface area contributed by atoms with Crippen molar-refractivity contribution in [3.05, 3.63) is 74.5 Å². The van der Waals surface area contributed by atoms with Gasteiger partial charge in [0.25, 0.3) is 5.69 Å². The molecule has 5 heteroatoms. The maximum absolute atomic E-state index is 11.4. The molecule has 0 spiro atoms. The molecule has 0 aliphatic carbocycles. The van der Waals surface area contributed by atoms with Gasteiger partial charge in [0, 0.05) is 22.4 Å². The molecule has 0 amide bonds. The van der Waals surface area contributed by atoms with Gasteiger partial charge in [-0.25, -0.2) is 0 Å². The molecule has 0 aliphatic heterocycles. The predicted molar refractivity (Wildman–Crippen MR) is 111 cm³/mol. The quantitative estimate of drug-likeness (QED) is 0.331. The van der Waals surface area contributed by atoms with Crippen molar-refractivity contribution in [1.29, 1.82) is 0 Å². The Labute approximate surface area is 163 Å². The van der Waals surface area contributed by atoms with Crippen molar-refractivity contribution in [2.75, 3.05) is 0 Å². The van der Waals surface area contributed by atoms with E-state index in [1.807, 2.05) is 10.8 Å². The van der Waals surface area contributed by atoms with E-state index >= 15 is 0 Å². The summed E-state index contributed by atoms with van der Waals surface area (Å²) in [6, 6.07) is 13.1. The Morgan fingerprint density at radius 2 is 1.56 bits per heavy atom. The Hall–Kier alpha value is -2.66. The Morgan fingerprint density at radius 3 is 2.15 bits per heavy atom. The van der Waals surface area contributed by atoms with Crippen molar-refractivity contribution in [1.82, 2.24) is 0 Å². The fourth-order valence-electron chi connectivity index (χ4n) is 2.92. The maximum atomic E-state index is 11.4. The van der Waals surface area contributed by atoms with Crippen LogP contribution in [0.15, 0.2) is 53.2 Å². The molecule has 140 valence electrons. The van der Waals surface area contributed by atoms with Crippen LogP contribution in [0.1, 0.15) is 50.7 Å². The third kappa shape index (κ3) is 4.19. The first-order valence-electron chi connectivity index (χ1n) is 8.99. The fourth-order valence-corrected chi connectivity index (χ4v) is 3.67. The molecule has 0 aliphatic rings. The minimum atomic E-state index is -0.354. The summed E-state index contributed by atoms with van der Waals surface area (Å²) in [6.45, 7) is 8.64. The van der Waals surface area contributed by atoms with Crippen LogP contribution in [-0.4, -0.2) is 4.92 Å². The second-order valence-electron chi connectivity index (χ2n) is 7.17. The molecular formula is C22H23NO3S. The molecule has 4 nitrogen and oxygen atoms in total. The molecule has 2 aromatic carbocycles. The highest BCUT2D eigenvalue weighted by Crippen LogP contribution is 2.41. The largest absolute Gasteiger partial charge is 0.456 e. The third-order valence-electron chi connectivity index (χ3n) is 4.53. The van der Waals surface area contributed by atoms with Gasteiger partial charge in [-0.3, -0.25) is 10.1 Å². The van der Waals surface area contributed by atoms with E-state index in [-0.39, 0.29) is 10.6 Å². The zero-order valence-corrected chi connectivity index (χ0v) is 16.7. The van der Waals surface area contributed by atoms with Crippen molar-refractivity contribution in [2.24, 2.45) is 0 Å². The third-order valence-corrected chi connectivity index (χ3v) is 5.25. The summed E-state index contributed by atoms with van der Waals surface area (Å²) >= 11 is 1.47. The molecule has 0 fully saturated rings.